The molecule has 164 valence electrons. The molecule has 0 aliphatic rings. The van der Waals surface area contributed by atoms with Crippen molar-refractivity contribution in [3.63, 3.8) is 0 Å². The summed E-state index contributed by atoms with van der Waals surface area (Å²) in [5.74, 6) is 1.13. The average Bonchev–Trinajstić information content (AvgIpc) is 2.62. The van der Waals surface area contributed by atoms with Gasteiger partial charge in [0.2, 0.25) is 0 Å². The smallest absolute Gasteiger partial charge is 0.0705 e. The van der Waals surface area contributed by atoms with Crippen LogP contribution in [0, 0.1) is 11.8 Å². The van der Waals surface area contributed by atoms with Crippen molar-refractivity contribution in [2.75, 3.05) is 13.2 Å². The van der Waals surface area contributed by atoms with Gasteiger partial charge in [-0.05, 0) is 51.4 Å². The summed E-state index contributed by atoms with van der Waals surface area (Å²) >= 11 is 0. The molecular formula is C24H50O3. The second kappa shape index (κ2) is 13.2. The molecule has 0 radical (unpaired) electrons. The van der Waals surface area contributed by atoms with Gasteiger partial charge in [-0.3, -0.25) is 0 Å². The number of hydrogen-bond acceptors (Lipinski definition) is 3. The second-order valence-corrected chi connectivity index (χ2v) is 9.36. The van der Waals surface area contributed by atoms with E-state index < -0.39 is 0 Å². The maximum atomic E-state index is 6.72. The third-order valence-electron chi connectivity index (χ3n) is 5.78. The Morgan fingerprint density at radius 1 is 0.593 bits per heavy atom. The molecule has 0 aliphatic heterocycles. The summed E-state index contributed by atoms with van der Waals surface area (Å²) in [4.78, 5) is 0. The topological polar surface area (TPSA) is 27.7 Å². The molecule has 3 nitrogen and oxygen atoms in total. The van der Waals surface area contributed by atoms with E-state index in [4.69, 9.17) is 14.2 Å². The highest BCUT2D eigenvalue weighted by atomic mass is 16.5. The van der Waals surface area contributed by atoms with Crippen LogP contribution in [-0.2, 0) is 14.2 Å². The normalized spacial score (nSPS) is 15.6. The van der Waals surface area contributed by atoms with Crippen molar-refractivity contribution in [2.45, 2.75) is 131 Å². The fourth-order valence-electron chi connectivity index (χ4n) is 3.83. The maximum Gasteiger partial charge on any atom is 0.0705 e. The Balaban J connectivity index is 4.99. The Bertz CT molecular complexity index is 357. The quantitative estimate of drug-likeness (QED) is 0.285. The summed E-state index contributed by atoms with van der Waals surface area (Å²) in [5, 5.41) is 0. The van der Waals surface area contributed by atoms with Crippen LogP contribution in [-0.4, -0.2) is 36.6 Å². The summed E-state index contributed by atoms with van der Waals surface area (Å²) in [6.07, 6.45) is 6.40. The first-order valence-electron chi connectivity index (χ1n) is 11.5. The zero-order valence-electron chi connectivity index (χ0n) is 20.2. The third-order valence-corrected chi connectivity index (χ3v) is 5.78. The van der Waals surface area contributed by atoms with Crippen LogP contribution in [0.3, 0.4) is 0 Å². The summed E-state index contributed by atoms with van der Waals surface area (Å²) in [6.45, 7) is 23.8. The molecule has 27 heavy (non-hydrogen) atoms. The highest BCUT2D eigenvalue weighted by Gasteiger charge is 2.35. The van der Waals surface area contributed by atoms with Crippen molar-refractivity contribution < 1.29 is 14.2 Å². The van der Waals surface area contributed by atoms with E-state index in [9.17, 15) is 0 Å². The molecule has 2 atom stereocenters. The second-order valence-electron chi connectivity index (χ2n) is 9.36. The van der Waals surface area contributed by atoms with Crippen LogP contribution in [0.1, 0.15) is 108 Å². The van der Waals surface area contributed by atoms with E-state index >= 15 is 0 Å². The lowest BCUT2D eigenvalue weighted by molar-refractivity contribution is -0.152. The van der Waals surface area contributed by atoms with Crippen molar-refractivity contribution in [3.05, 3.63) is 0 Å². The van der Waals surface area contributed by atoms with Crippen molar-refractivity contribution in [2.24, 2.45) is 11.8 Å². The largest absolute Gasteiger partial charge is 0.378 e. The van der Waals surface area contributed by atoms with Gasteiger partial charge >= 0.3 is 0 Å². The predicted octanol–water partition coefficient (Wildman–Crippen LogP) is 7.02. The zero-order valence-corrected chi connectivity index (χ0v) is 20.2. The van der Waals surface area contributed by atoms with Gasteiger partial charge in [-0.1, -0.05) is 55.4 Å². The fraction of sp³-hybridized carbons (Fsp3) is 1.00. The van der Waals surface area contributed by atoms with Gasteiger partial charge in [0.25, 0.3) is 0 Å². The molecule has 0 aromatic rings. The summed E-state index contributed by atoms with van der Waals surface area (Å²) in [7, 11) is 0. The minimum atomic E-state index is -0.110. The molecule has 0 spiro atoms. The lowest BCUT2D eigenvalue weighted by Gasteiger charge is -2.41. The average molecular weight is 387 g/mol. The fourth-order valence-corrected chi connectivity index (χ4v) is 3.83. The molecule has 3 heteroatoms. The van der Waals surface area contributed by atoms with Crippen LogP contribution in [0.15, 0.2) is 0 Å². The Kier molecular flexibility index (Phi) is 13.1. The van der Waals surface area contributed by atoms with Crippen LogP contribution in [0.5, 0.6) is 0 Å². The first-order valence-corrected chi connectivity index (χ1v) is 11.5. The summed E-state index contributed by atoms with van der Waals surface area (Å²) in [5.41, 5.74) is -0.183. The molecule has 0 saturated heterocycles. The highest BCUT2D eigenvalue weighted by molar-refractivity contribution is 4.86. The monoisotopic (exact) mass is 386 g/mol. The lowest BCUT2D eigenvalue weighted by Crippen LogP contribution is -2.42. The summed E-state index contributed by atoms with van der Waals surface area (Å²) < 4.78 is 19.2. The Labute approximate surface area is 170 Å². The van der Waals surface area contributed by atoms with Gasteiger partial charge in [-0.15, -0.1) is 0 Å². The molecule has 0 rings (SSSR count). The van der Waals surface area contributed by atoms with Crippen LogP contribution in [0.25, 0.3) is 0 Å². The van der Waals surface area contributed by atoms with Gasteiger partial charge in [0, 0.05) is 26.1 Å². The van der Waals surface area contributed by atoms with Crippen LogP contribution in [0.4, 0.5) is 0 Å². The summed E-state index contributed by atoms with van der Waals surface area (Å²) in [6, 6.07) is 0. The number of ether oxygens (including phenoxy) is 3. The molecule has 2 unspecified atom stereocenters. The van der Waals surface area contributed by atoms with Crippen LogP contribution >= 0.6 is 0 Å². The third kappa shape index (κ3) is 10.3. The van der Waals surface area contributed by atoms with E-state index in [-0.39, 0.29) is 23.4 Å². The highest BCUT2D eigenvalue weighted by Crippen LogP contribution is 2.34. The van der Waals surface area contributed by atoms with Gasteiger partial charge in [-0.2, -0.15) is 0 Å². The maximum absolute atomic E-state index is 6.72. The Hall–Kier alpha value is -0.120. The van der Waals surface area contributed by atoms with Crippen LogP contribution < -0.4 is 0 Å². The van der Waals surface area contributed by atoms with Gasteiger partial charge in [0.1, 0.15) is 0 Å². The molecule has 0 bridgehead atoms. The zero-order chi connectivity index (χ0) is 21.1. The van der Waals surface area contributed by atoms with E-state index in [2.05, 4.69) is 69.2 Å². The van der Waals surface area contributed by atoms with Crippen molar-refractivity contribution in [1.29, 1.82) is 0 Å². The standard InChI is InChI=1S/C24H50O3/c1-11-23(12-2,26-18-20(7)8)16-22(10)27-24(13-3,14-4)15-21(9)25-17-19(5)6/h19-22H,11-18H2,1-10H3. The predicted molar refractivity (Wildman–Crippen MR) is 117 cm³/mol. The molecule has 0 amide bonds. The van der Waals surface area contributed by atoms with Crippen molar-refractivity contribution in [3.8, 4) is 0 Å². The number of rotatable bonds is 16. The van der Waals surface area contributed by atoms with Crippen molar-refractivity contribution in [1.82, 2.24) is 0 Å². The first-order chi connectivity index (χ1) is 12.6. The van der Waals surface area contributed by atoms with Gasteiger partial charge in [-0.25, -0.2) is 0 Å². The Morgan fingerprint density at radius 2 is 1.04 bits per heavy atom. The first kappa shape index (κ1) is 26.9. The Morgan fingerprint density at radius 3 is 1.44 bits per heavy atom. The van der Waals surface area contributed by atoms with E-state index in [0.29, 0.717) is 11.8 Å². The molecule has 0 heterocycles. The van der Waals surface area contributed by atoms with Gasteiger partial charge < -0.3 is 14.2 Å². The van der Waals surface area contributed by atoms with E-state index in [0.717, 1.165) is 51.7 Å². The molecule has 0 N–H and O–H groups in total. The van der Waals surface area contributed by atoms with Crippen LogP contribution in [0.2, 0.25) is 0 Å². The van der Waals surface area contributed by atoms with E-state index in [1.807, 2.05) is 0 Å². The van der Waals surface area contributed by atoms with Gasteiger partial charge in [0.15, 0.2) is 0 Å². The van der Waals surface area contributed by atoms with E-state index in [1.165, 1.54) is 0 Å². The molecule has 0 fully saturated rings. The van der Waals surface area contributed by atoms with Gasteiger partial charge in [0.05, 0.1) is 23.4 Å². The van der Waals surface area contributed by atoms with Crippen molar-refractivity contribution >= 4 is 0 Å². The molecule has 0 aliphatic carbocycles. The minimum absolute atomic E-state index is 0.0727. The molecular weight excluding hydrogens is 336 g/mol. The molecule has 0 aromatic heterocycles. The number of hydrogen-bond donors (Lipinski definition) is 0. The lowest BCUT2D eigenvalue weighted by atomic mass is 9.87. The molecule has 0 saturated carbocycles. The molecule has 0 aromatic carbocycles. The SMILES string of the molecule is CCC(CC)(CC(C)OC(CC)(CC)CC(C)OCC(C)C)OCC(C)C. The van der Waals surface area contributed by atoms with E-state index in [1.54, 1.807) is 0 Å². The minimum Gasteiger partial charge on any atom is -0.378 e.